The van der Waals surface area contributed by atoms with Gasteiger partial charge in [0.1, 0.15) is 17.6 Å². The fourth-order valence-electron chi connectivity index (χ4n) is 2.07. The van der Waals surface area contributed by atoms with Crippen LogP contribution < -0.4 is 14.8 Å². The molecule has 0 aliphatic heterocycles. The van der Waals surface area contributed by atoms with Gasteiger partial charge < -0.3 is 14.8 Å². The molecule has 2 aromatic carbocycles. The van der Waals surface area contributed by atoms with Gasteiger partial charge in [0.25, 0.3) is 0 Å². The normalized spacial score (nSPS) is 11.1. The van der Waals surface area contributed by atoms with Crippen LogP contribution in [0.2, 0.25) is 0 Å². The van der Waals surface area contributed by atoms with E-state index in [0.717, 1.165) is 0 Å². The van der Waals surface area contributed by atoms with Crippen molar-refractivity contribution in [2.24, 2.45) is 0 Å². The first kappa shape index (κ1) is 19.3. The molecule has 0 saturated carbocycles. The third-order valence-corrected chi connectivity index (χ3v) is 3.16. The lowest BCUT2D eigenvalue weighted by atomic mass is 10.1. The Morgan fingerprint density at radius 1 is 1.08 bits per heavy atom. The summed E-state index contributed by atoms with van der Waals surface area (Å²) in [6.07, 6.45) is -4.52. The number of benzene rings is 2. The van der Waals surface area contributed by atoms with Crippen LogP contribution in [0.15, 0.2) is 42.5 Å². The molecule has 138 valence electrons. The van der Waals surface area contributed by atoms with Crippen molar-refractivity contribution in [3.05, 3.63) is 53.6 Å². The first-order valence-corrected chi connectivity index (χ1v) is 7.29. The first-order valence-electron chi connectivity index (χ1n) is 7.29. The first-order chi connectivity index (χ1) is 12.3. The van der Waals surface area contributed by atoms with Gasteiger partial charge in [-0.15, -0.1) is 0 Å². The fourth-order valence-corrected chi connectivity index (χ4v) is 2.07. The molecule has 4 nitrogen and oxygen atoms in total. The van der Waals surface area contributed by atoms with E-state index in [-0.39, 0.29) is 23.6 Å². The van der Waals surface area contributed by atoms with Crippen LogP contribution in [0.3, 0.4) is 0 Å². The fraction of sp³-hybridized carbons (Fsp3) is 0.235. The molecule has 9 heteroatoms. The molecule has 0 saturated heterocycles. The van der Waals surface area contributed by atoms with E-state index in [4.69, 9.17) is 5.26 Å². The van der Waals surface area contributed by atoms with E-state index in [2.05, 4.69) is 14.8 Å². The lowest BCUT2D eigenvalue weighted by Crippen LogP contribution is -2.19. The van der Waals surface area contributed by atoms with Crippen LogP contribution in [0.4, 0.5) is 27.6 Å². The van der Waals surface area contributed by atoms with Crippen molar-refractivity contribution in [2.75, 3.05) is 11.9 Å². The highest BCUT2D eigenvalue weighted by molar-refractivity contribution is 5.56. The molecular formula is C17H13F5N2O2. The second kappa shape index (κ2) is 8.38. The van der Waals surface area contributed by atoms with Gasteiger partial charge in [0.15, 0.2) is 6.61 Å². The summed E-state index contributed by atoms with van der Waals surface area (Å²) in [5.74, 6) is -0.197. The number of para-hydroxylation sites is 1. The van der Waals surface area contributed by atoms with E-state index in [0.29, 0.717) is 11.3 Å². The van der Waals surface area contributed by atoms with Crippen molar-refractivity contribution in [1.82, 2.24) is 0 Å². The van der Waals surface area contributed by atoms with E-state index < -0.39 is 19.4 Å². The van der Waals surface area contributed by atoms with Crippen LogP contribution in [0.1, 0.15) is 11.1 Å². The largest absolute Gasteiger partial charge is 0.483 e. The number of hydrogen-bond donors (Lipinski definition) is 1. The van der Waals surface area contributed by atoms with Crippen molar-refractivity contribution in [2.45, 2.75) is 19.3 Å². The SMILES string of the molecule is N#Cc1cc(NCc2ccccc2OC(F)F)ccc1OCC(F)(F)F. The molecule has 0 unspecified atom stereocenters. The molecule has 26 heavy (non-hydrogen) atoms. The Hall–Kier alpha value is -3.02. The average molecular weight is 372 g/mol. The molecule has 0 atom stereocenters. The smallest absolute Gasteiger partial charge is 0.422 e. The number of nitriles is 1. The predicted octanol–water partition coefficient (Wildman–Crippen LogP) is 4.71. The topological polar surface area (TPSA) is 54.3 Å². The van der Waals surface area contributed by atoms with E-state index in [9.17, 15) is 22.0 Å². The molecule has 1 N–H and O–H groups in total. The summed E-state index contributed by atoms with van der Waals surface area (Å²) in [6.45, 7) is -4.37. The molecule has 0 aromatic heterocycles. The molecule has 0 bridgehead atoms. The molecule has 0 radical (unpaired) electrons. The van der Waals surface area contributed by atoms with Crippen molar-refractivity contribution in [1.29, 1.82) is 5.26 Å². The zero-order valence-electron chi connectivity index (χ0n) is 13.2. The third-order valence-electron chi connectivity index (χ3n) is 3.16. The van der Waals surface area contributed by atoms with Gasteiger partial charge in [0.2, 0.25) is 0 Å². The minimum Gasteiger partial charge on any atom is -0.483 e. The van der Waals surface area contributed by atoms with Crippen molar-refractivity contribution >= 4 is 5.69 Å². The Morgan fingerprint density at radius 3 is 2.46 bits per heavy atom. The number of rotatable bonds is 7. The summed E-state index contributed by atoms with van der Waals surface area (Å²) in [6, 6.07) is 11.9. The van der Waals surface area contributed by atoms with Gasteiger partial charge in [-0.2, -0.15) is 27.2 Å². The number of alkyl halides is 5. The number of halogens is 5. The summed E-state index contributed by atoms with van der Waals surface area (Å²) in [5, 5.41) is 12.0. The maximum atomic E-state index is 12.4. The molecule has 0 aliphatic rings. The highest BCUT2D eigenvalue weighted by atomic mass is 19.4. The van der Waals surface area contributed by atoms with Crippen LogP contribution in [0.25, 0.3) is 0 Å². The van der Waals surface area contributed by atoms with E-state index in [1.807, 2.05) is 0 Å². The predicted molar refractivity (Wildman–Crippen MR) is 83.1 cm³/mol. The van der Waals surface area contributed by atoms with Crippen molar-refractivity contribution in [3.63, 3.8) is 0 Å². The Balaban J connectivity index is 2.08. The zero-order chi connectivity index (χ0) is 19.2. The molecule has 0 heterocycles. The lowest BCUT2D eigenvalue weighted by Gasteiger charge is -2.14. The molecule has 2 aromatic rings. The number of anilines is 1. The molecule has 0 aliphatic carbocycles. The van der Waals surface area contributed by atoms with Crippen molar-refractivity contribution < 1.29 is 31.4 Å². The molecule has 2 rings (SSSR count). The van der Waals surface area contributed by atoms with Crippen LogP contribution >= 0.6 is 0 Å². The maximum Gasteiger partial charge on any atom is 0.422 e. The van der Waals surface area contributed by atoms with Gasteiger partial charge >= 0.3 is 12.8 Å². The number of ether oxygens (including phenoxy) is 2. The van der Waals surface area contributed by atoms with E-state index in [1.54, 1.807) is 24.3 Å². The Bertz CT molecular complexity index is 787. The Kier molecular flexibility index (Phi) is 6.22. The zero-order valence-corrected chi connectivity index (χ0v) is 13.2. The van der Waals surface area contributed by atoms with Crippen LogP contribution in [-0.4, -0.2) is 19.4 Å². The second-order valence-electron chi connectivity index (χ2n) is 5.07. The summed E-state index contributed by atoms with van der Waals surface area (Å²) >= 11 is 0. The lowest BCUT2D eigenvalue weighted by molar-refractivity contribution is -0.153. The van der Waals surface area contributed by atoms with Gasteiger partial charge in [-0.25, -0.2) is 0 Å². The summed E-state index contributed by atoms with van der Waals surface area (Å²) in [5.41, 5.74) is 0.771. The quantitative estimate of drug-likeness (QED) is 0.715. The minimum absolute atomic E-state index is 0.000590. The molecule has 0 fully saturated rings. The van der Waals surface area contributed by atoms with Crippen LogP contribution in [-0.2, 0) is 6.54 Å². The van der Waals surface area contributed by atoms with E-state index >= 15 is 0 Å². The number of hydrogen-bond acceptors (Lipinski definition) is 4. The van der Waals surface area contributed by atoms with Gasteiger partial charge in [-0.1, -0.05) is 18.2 Å². The van der Waals surface area contributed by atoms with Gasteiger partial charge in [0.05, 0.1) is 5.56 Å². The average Bonchev–Trinajstić information content (AvgIpc) is 2.58. The Morgan fingerprint density at radius 2 is 1.81 bits per heavy atom. The second-order valence-corrected chi connectivity index (χ2v) is 5.07. The monoisotopic (exact) mass is 372 g/mol. The minimum atomic E-state index is -4.52. The standard InChI is InChI=1S/C17H13F5N2O2/c18-16(19)26-15-4-2-1-3-11(15)9-24-13-5-6-14(12(7-13)8-23)25-10-17(20,21)22/h1-7,16,24H,9-10H2. The molecular weight excluding hydrogens is 359 g/mol. The summed E-state index contributed by atoms with van der Waals surface area (Å²) in [4.78, 5) is 0. The number of nitrogens with zero attached hydrogens (tertiary/aromatic N) is 1. The van der Waals surface area contributed by atoms with Crippen LogP contribution in [0, 0.1) is 11.3 Å². The Labute approximate surface area is 145 Å². The van der Waals surface area contributed by atoms with Gasteiger partial charge in [-0.3, -0.25) is 0 Å². The van der Waals surface area contributed by atoms with Gasteiger partial charge in [0, 0.05) is 17.8 Å². The highest BCUT2D eigenvalue weighted by Crippen LogP contribution is 2.26. The molecule has 0 amide bonds. The number of nitrogens with one attached hydrogen (secondary N) is 1. The summed E-state index contributed by atoms with van der Waals surface area (Å²) < 4.78 is 70.4. The third kappa shape index (κ3) is 5.81. The maximum absolute atomic E-state index is 12.4. The van der Waals surface area contributed by atoms with E-state index in [1.165, 1.54) is 24.3 Å². The van der Waals surface area contributed by atoms with Crippen LogP contribution in [0.5, 0.6) is 11.5 Å². The highest BCUT2D eigenvalue weighted by Gasteiger charge is 2.28. The van der Waals surface area contributed by atoms with Crippen molar-refractivity contribution in [3.8, 4) is 17.6 Å². The van der Waals surface area contributed by atoms with Gasteiger partial charge in [-0.05, 0) is 24.3 Å². The molecule has 0 spiro atoms. The summed E-state index contributed by atoms with van der Waals surface area (Å²) in [7, 11) is 0.